The fraction of sp³-hybridized carbons (Fsp3) is 0.579. The van der Waals surface area contributed by atoms with E-state index in [-0.39, 0.29) is 0 Å². The molecule has 1 aromatic rings. The number of allylic oxidation sites excluding steroid dienone is 2. The second-order valence-corrected chi connectivity index (χ2v) is 8.09. The largest absolute Gasteiger partial charge is 0.126 e. The van der Waals surface area contributed by atoms with E-state index < -0.39 is 0 Å². The maximum atomic E-state index is 2.49. The minimum atomic E-state index is 0.484. The molecular weight excluding hydrogens is 260 g/mol. The summed E-state index contributed by atoms with van der Waals surface area (Å²) in [4.78, 5) is 1.42. The van der Waals surface area contributed by atoms with Crippen molar-refractivity contribution in [1.82, 2.24) is 0 Å². The molecule has 0 unspecified atom stereocenters. The lowest BCUT2D eigenvalue weighted by Gasteiger charge is -2.43. The maximum absolute atomic E-state index is 2.49. The number of benzene rings is 1. The van der Waals surface area contributed by atoms with Gasteiger partial charge in [-0.05, 0) is 62.0 Å². The summed E-state index contributed by atoms with van der Waals surface area (Å²) in [7, 11) is 0. The Kier molecular flexibility index (Phi) is 4.26. The molecule has 0 bridgehead atoms. The molecule has 2 aliphatic carbocycles. The minimum Gasteiger partial charge on any atom is -0.126 e. The first-order valence-corrected chi connectivity index (χ1v) is 9.04. The van der Waals surface area contributed by atoms with Gasteiger partial charge in [0.15, 0.2) is 0 Å². The smallest absolute Gasteiger partial charge is 0.00721 e. The molecule has 0 saturated heterocycles. The van der Waals surface area contributed by atoms with Gasteiger partial charge in [0.1, 0.15) is 0 Å². The summed E-state index contributed by atoms with van der Waals surface area (Å²) in [5.74, 6) is 2.05. The van der Waals surface area contributed by atoms with Crippen LogP contribution in [0.15, 0.2) is 46.4 Å². The van der Waals surface area contributed by atoms with E-state index in [0.717, 1.165) is 5.92 Å². The molecule has 0 aromatic heterocycles. The highest BCUT2D eigenvalue weighted by atomic mass is 32.2. The lowest BCUT2D eigenvalue weighted by atomic mass is 9.64. The molecule has 108 valence electrons. The Hall–Kier alpha value is -0.690. The fourth-order valence-corrected chi connectivity index (χ4v) is 5.20. The van der Waals surface area contributed by atoms with Crippen molar-refractivity contribution < 1.29 is 0 Å². The quantitative estimate of drug-likeness (QED) is 0.479. The van der Waals surface area contributed by atoms with Crippen LogP contribution in [-0.4, -0.2) is 5.75 Å². The van der Waals surface area contributed by atoms with Gasteiger partial charge in [-0.25, -0.2) is 0 Å². The minimum absolute atomic E-state index is 0.484. The fourth-order valence-electron chi connectivity index (χ4n) is 3.84. The highest BCUT2D eigenvalue weighted by Gasteiger charge is 2.37. The Morgan fingerprint density at radius 3 is 2.60 bits per heavy atom. The molecule has 0 nitrogen and oxygen atoms in total. The van der Waals surface area contributed by atoms with Crippen LogP contribution in [0.1, 0.15) is 52.4 Å². The van der Waals surface area contributed by atoms with E-state index >= 15 is 0 Å². The normalized spacial score (nSPS) is 25.4. The topological polar surface area (TPSA) is 0 Å². The number of rotatable bonds is 3. The molecule has 0 aliphatic heterocycles. The molecule has 2 aliphatic rings. The monoisotopic (exact) mass is 286 g/mol. The summed E-state index contributed by atoms with van der Waals surface area (Å²) >= 11 is 2.05. The summed E-state index contributed by atoms with van der Waals surface area (Å²) < 4.78 is 0. The third-order valence-electron chi connectivity index (χ3n) is 5.22. The first-order valence-electron chi connectivity index (χ1n) is 8.05. The number of thioether (sulfide) groups is 1. The van der Waals surface area contributed by atoms with Crippen molar-refractivity contribution in [2.24, 2.45) is 11.3 Å². The zero-order valence-corrected chi connectivity index (χ0v) is 13.6. The van der Waals surface area contributed by atoms with Crippen molar-refractivity contribution in [3.05, 3.63) is 41.5 Å². The van der Waals surface area contributed by atoms with Crippen LogP contribution in [0.4, 0.5) is 0 Å². The molecule has 20 heavy (non-hydrogen) atoms. The van der Waals surface area contributed by atoms with E-state index in [9.17, 15) is 0 Å². The highest BCUT2D eigenvalue weighted by Crippen LogP contribution is 2.49. The van der Waals surface area contributed by atoms with Crippen LogP contribution >= 0.6 is 11.8 Å². The standard InChI is InChI=1S/C19H26S/c1-19(2)13-12-15-8-6-7-11-17(15)18(19)14-20-16-9-4-3-5-10-16/h3-5,9-10,18H,6-8,11-14H2,1-2H3/t18-/m1/s1. The van der Waals surface area contributed by atoms with Crippen LogP contribution in [0.5, 0.6) is 0 Å². The molecule has 3 rings (SSSR count). The lowest BCUT2D eigenvalue weighted by Crippen LogP contribution is -2.33. The average Bonchev–Trinajstić information content (AvgIpc) is 2.47. The Morgan fingerprint density at radius 1 is 1.05 bits per heavy atom. The lowest BCUT2D eigenvalue weighted by molar-refractivity contribution is 0.218. The molecular formula is C19H26S. The zero-order chi connectivity index (χ0) is 14.0. The summed E-state index contributed by atoms with van der Waals surface area (Å²) in [5, 5.41) is 0. The van der Waals surface area contributed by atoms with Gasteiger partial charge in [0, 0.05) is 10.6 Å². The van der Waals surface area contributed by atoms with Gasteiger partial charge in [-0.15, -0.1) is 11.8 Å². The Labute approximate surface area is 128 Å². The van der Waals surface area contributed by atoms with Gasteiger partial charge in [0.05, 0.1) is 0 Å². The molecule has 0 amide bonds. The Balaban J connectivity index is 1.77. The molecule has 1 atom stereocenters. The van der Waals surface area contributed by atoms with E-state index in [1.54, 1.807) is 0 Å². The van der Waals surface area contributed by atoms with Crippen molar-refractivity contribution in [3.8, 4) is 0 Å². The molecule has 0 saturated carbocycles. The summed E-state index contributed by atoms with van der Waals surface area (Å²) in [5.41, 5.74) is 4.16. The summed E-state index contributed by atoms with van der Waals surface area (Å²) in [6.07, 6.45) is 8.36. The van der Waals surface area contributed by atoms with Gasteiger partial charge in [0.25, 0.3) is 0 Å². The second kappa shape index (κ2) is 5.97. The Morgan fingerprint density at radius 2 is 1.80 bits per heavy atom. The van der Waals surface area contributed by atoms with Crippen LogP contribution in [0, 0.1) is 11.3 Å². The third kappa shape index (κ3) is 2.98. The summed E-state index contributed by atoms with van der Waals surface area (Å²) in [6, 6.07) is 10.9. The van der Waals surface area contributed by atoms with Gasteiger partial charge in [0.2, 0.25) is 0 Å². The van der Waals surface area contributed by atoms with Crippen molar-refractivity contribution in [3.63, 3.8) is 0 Å². The van der Waals surface area contributed by atoms with E-state index in [4.69, 9.17) is 0 Å². The molecule has 0 radical (unpaired) electrons. The van der Waals surface area contributed by atoms with E-state index in [1.807, 2.05) is 11.1 Å². The van der Waals surface area contributed by atoms with Crippen molar-refractivity contribution >= 4 is 11.8 Å². The Bertz CT molecular complexity index is 484. The van der Waals surface area contributed by atoms with E-state index in [2.05, 4.69) is 55.9 Å². The predicted molar refractivity (Wildman–Crippen MR) is 89.2 cm³/mol. The maximum Gasteiger partial charge on any atom is 0.00721 e. The molecule has 1 heteroatoms. The van der Waals surface area contributed by atoms with Crippen LogP contribution in [0.25, 0.3) is 0 Å². The first-order chi connectivity index (χ1) is 9.67. The molecule has 0 N–H and O–H groups in total. The van der Waals surface area contributed by atoms with Crippen LogP contribution in [0.2, 0.25) is 0 Å². The first kappa shape index (κ1) is 14.3. The van der Waals surface area contributed by atoms with Gasteiger partial charge in [-0.1, -0.05) is 43.2 Å². The molecule has 0 fully saturated rings. The van der Waals surface area contributed by atoms with E-state index in [0.29, 0.717) is 5.41 Å². The van der Waals surface area contributed by atoms with E-state index in [1.165, 1.54) is 49.2 Å². The van der Waals surface area contributed by atoms with Gasteiger partial charge in [-0.3, -0.25) is 0 Å². The number of hydrogen-bond acceptors (Lipinski definition) is 1. The molecule has 1 aromatic carbocycles. The van der Waals surface area contributed by atoms with Crippen LogP contribution in [0.3, 0.4) is 0 Å². The van der Waals surface area contributed by atoms with Crippen molar-refractivity contribution in [2.75, 3.05) is 5.75 Å². The van der Waals surface area contributed by atoms with Gasteiger partial charge in [-0.2, -0.15) is 0 Å². The zero-order valence-electron chi connectivity index (χ0n) is 12.8. The third-order valence-corrected chi connectivity index (χ3v) is 6.33. The predicted octanol–water partition coefficient (Wildman–Crippen LogP) is 6.09. The average molecular weight is 286 g/mol. The SMILES string of the molecule is CC1(C)CCC2=C(CCCC2)[C@H]1CSc1ccccc1. The number of hydrogen-bond donors (Lipinski definition) is 0. The van der Waals surface area contributed by atoms with Crippen LogP contribution < -0.4 is 0 Å². The van der Waals surface area contributed by atoms with Gasteiger partial charge < -0.3 is 0 Å². The second-order valence-electron chi connectivity index (χ2n) is 7.00. The summed E-state index contributed by atoms with van der Waals surface area (Å²) in [6.45, 7) is 4.98. The molecule has 0 heterocycles. The van der Waals surface area contributed by atoms with Crippen LogP contribution in [-0.2, 0) is 0 Å². The molecule has 0 spiro atoms. The van der Waals surface area contributed by atoms with Crippen molar-refractivity contribution in [2.45, 2.75) is 57.3 Å². The van der Waals surface area contributed by atoms with Crippen molar-refractivity contribution in [1.29, 1.82) is 0 Å². The van der Waals surface area contributed by atoms with Gasteiger partial charge >= 0.3 is 0 Å². The highest BCUT2D eigenvalue weighted by molar-refractivity contribution is 7.99.